The van der Waals surface area contributed by atoms with Crippen LogP contribution in [-0.2, 0) is 5.41 Å². The van der Waals surface area contributed by atoms with Gasteiger partial charge in [0.2, 0.25) is 0 Å². The van der Waals surface area contributed by atoms with Crippen molar-refractivity contribution in [1.82, 2.24) is 5.32 Å². The maximum absolute atomic E-state index is 12.2. The maximum Gasteiger partial charge on any atom is 0.270 e. The number of aromatic hydroxyl groups is 1. The van der Waals surface area contributed by atoms with Gasteiger partial charge in [-0.2, -0.15) is 0 Å². The summed E-state index contributed by atoms with van der Waals surface area (Å²) in [6.45, 7) is 6.10. The van der Waals surface area contributed by atoms with E-state index in [1.165, 1.54) is 18.2 Å². The highest BCUT2D eigenvalue weighted by molar-refractivity contribution is 7.80. The molecule has 0 aliphatic carbocycles. The molecule has 2 aromatic carbocycles. The molecule has 0 aromatic heterocycles. The topological polar surface area (TPSA) is 104 Å². The van der Waals surface area contributed by atoms with Crippen molar-refractivity contribution in [2.75, 3.05) is 5.32 Å². The van der Waals surface area contributed by atoms with E-state index >= 15 is 0 Å². The molecule has 0 heterocycles. The molecule has 0 atom stereocenters. The number of hydrogen-bond acceptors (Lipinski definition) is 5. The number of nitrogens with zero attached hydrogens (tertiary/aromatic N) is 1. The van der Waals surface area contributed by atoms with Gasteiger partial charge in [0.25, 0.3) is 11.6 Å². The molecule has 0 saturated carbocycles. The molecular formula is C18H19N3O4S. The molecule has 0 saturated heterocycles. The van der Waals surface area contributed by atoms with Gasteiger partial charge in [0, 0.05) is 17.7 Å². The van der Waals surface area contributed by atoms with E-state index in [-0.39, 0.29) is 27.5 Å². The number of hydrogen-bond donors (Lipinski definition) is 3. The van der Waals surface area contributed by atoms with Crippen LogP contribution in [0.1, 0.15) is 36.7 Å². The quantitative estimate of drug-likeness (QED) is 0.328. The number of nitrogens with one attached hydrogen (secondary N) is 2. The van der Waals surface area contributed by atoms with Crippen molar-refractivity contribution < 1.29 is 14.8 Å². The third kappa shape index (κ3) is 4.76. The third-order valence-corrected chi connectivity index (χ3v) is 3.86. The van der Waals surface area contributed by atoms with E-state index in [0.29, 0.717) is 5.69 Å². The molecule has 26 heavy (non-hydrogen) atoms. The molecule has 8 heteroatoms. The summed E-state index contributed by atoms with van der Waals surface area (Å²) >= 11 is 5.10. The standard InChI is InChI=1S/C18H19N3O4S/c1-18(2,3)12-7-8-15(22)14(10-12)19-17(26)20-16(23)11-5-4-6-13(9-11)21(24)25/h4-10,22H,1-3H3,(H2,19,20,23,26). The van der Waals surface area contributed by atoms with Crippen LogP contribution in [0.25, 0.3) is 0 Å². The Kier molecular flexibility index (Phi) is 5.56. The van der Waals surface area contributed by atoms with Crippen molar-refractivity contribution in [2.24, 2.45) is 0 Å². The number of carbonyl (C=O) groups excluding carboxylic acids is 1. The van der Waals surface area contributed by atoms with Crippen molar-refractivity contribution >= 4 is 34.6 Å². The molecule has 0 spiro atoms. The molecule has 0 aliphatic heterocycles. The number of non-ortho nitro benzene ring substituents is 1. The van der Waals surface area contributed by atoms with E-state index in [9.17, 15) is 20.0 Å². The van der Waals surface area contributed by atoms with Crippen LogP contribution in [-0.4, -0.2) is 21.0 Å². The van der Waals surface area contributed by atoms with Crippen LogP contribution in [0, 0.1) is 10.1 Å². The van der Waals surface area contributed by atoms with Gasteiger partial charge in [-0.1, -0.05) is 32.9 Å². The molecular weight excluding hydrogens is 354 g/mol. The molecule has 0 unspecified atom stereocenters. The van der Waals surface area contributed by atoms with Crippen molar-refractivity contribution in [2.45, 2.75) is 26.2 Å². The Balaban J connectivity index is 2.13. The first-order chi connectivity index (χ1) is 12.1. The predicted molar refractivity (Wildman–Crippen MR) is 104 cm³/mol. The van der Waals surface area contributed by atoms with Crippen LogP contribution in [0.3, 0.4) is 0 Å². The average Bonchev–Trinajstić information content (AvgIpc) is 2.55. The van der Waals surface area contributed by atoms with E-state index in [1.807, 2.05) is 26.8 Å². The summed E-state index contributed by atoms with van der Waals surface area (Å²) in [6.07, 6.45) is 0. The van der Waals surface area contributed by atoms with Gasteiger partial charge in [-0.25, -0.2) is 0 Å². The zero-order valence-electron chi connectivity index (χ0n) is 14.6. The summed E-state index contributed by atoms with van der Waals surface area (Å²) in [5, 5.41) is 26.0. The lowest BCUT2D eigenvalue weighted by atomic mass is 9.87. The highest BCUT2D eigenvalue weighted by Crippen LogP contribution is 2.30. The van der Waals surface area contributed by atoms with Crippen molar-refractivity contribution in [3.05, 3.63) is 63.7 Å². The van der Waals surface area contributed by atoms with Crippen molar-refractivity contribution in [3.8, 4) is 5.75 Å². The molecule has 2 aromatic rings. The van der Waals surface area contributed by atoms with Gasteiger partial charge in [0.1, 0.15) is 5.75 Å². The summed E-state index contributed by atoms with van der Waals surface area (Å²) in [4.78, 5) is 22.4. The van der Waals surface area contributed by atoms with Crippen LogP contribution in [0.2, 0.25) is 0 Å². The van der Waals surface area contributed by atoms with Crippen molar-refractivity contribution in [1.29, 1.82) is 0 Å². The zero-order chi connectivity index (χ0) is 19.5. The molecule has 2 rings (SSSR count). The minimum Gasteiger partial charge on any atom is -0.506 e. The van der Waals surface area contributed by atoms with E-state index in [4.69, 9.17) is 12.2 Å². The second-order valence-corrected chi connectivity index (χ2v) is 7.11. The second kappa shape index (κ2) is 7.49. The minimum absolute atomic E-state index is 0.00931. The number of nitro benzene ring substituents is 1. The average molecular weight is 373 g/mol. The Morgan fingerprint density at radius 2 is 1.88 bits per heavy atom. The molecule has 1 amide bonds. The number of amides is 1. The number of anilines is 1. The Bertz CT molecular complexity index is 875. The number of carbonyl (C=O) groups is 1. The monoisotopic (exact) mass is 373 g/mol. The van der Waals surface area contributed by atoms with Crippen molar-refractivity contribution in [3.63, 3.8) is 0 Å². The van der Waals surface area contributed by atoms with Gasteiger partial charge in [-0.05, 0) is 41.4 Å². The summed E-state index contributed by atoms with van der Waals surface area (Å²) in [6, 6.07) is 10.4. The first-order valence-electron chi connectivity index (χ1n) is 7.78. The van der Waals surface area contributed by atoms with Gasteiger partial charge in [0.05, 0.1) is 10.6 Å². The third-order valence-electron chi connectivity index (χ3n) is 3.66. The van der Waals surface area contributed by atoms with Crippen LogP contribution >= 0.6 is 12.2 Å². The van der Waals surface area contributed by atoms with E-state index in [0.717, 1.165) is 11.6 Å². The first-order valence-corrected chi connectivity index (χ1v) is 8.19. The summed E-state index contributed by atoms with van der Waals surface area (Å²) in [5.74, 6) is -0.595. The van der Waals surface area contributed by atoms with Gasteiger partial charge in [0.15, 0.2) is 5.11 Å². The highest BCUT2D eigenvalue weighted by atomic mass is 32.1. The van der Waals surface area contributed by atoms with Crippen LogP contribution < -0.4 is 10.6 Å². The number of rotatable bonds is 3. The molecule has 0 fully saturated rings. The number of thiocarbonyl (C=S) groups is 1. The Morgan fingerprint density at radius 3 is 2.50 bits per heavy atom. The molecule has 136 valence electrons. The Hall–Kier alpha value is -3.00. The molecule has 7 nitrogen and oxygen atoms in total. The fraction of sp³-hybridized carbons (Fsp3) is 0.222. The molecule has 0 aliphatic rings. The lowest BCUT2D eigenvalue weighted by Crippen LogP contribution is -2.34. The summed E-state index contributed by atoms with van der Waals surface area (Å²) < 4.78 is 0. The SMILES string of the molecule is CC(C)(C)c1ccc(O)c(NC(=S)NC(=O)c2cccc([N+](=O)[O-])c2)c1. The number of phenols is 1. The predicted octanol–water partition coefficient (Wildman–Crippen LogP) is 3.72. The highest BCUT2D eigenvalue weighted by Gasteiger charge is 2.17. The molecule has 3 N–H and O–H groups in total. The molecule has 0 bridgehead atoms. The van der Waals surface area contributed by atoms with Crippen LogP contribution in [0.5, 0.6) is 5.75 Å². The fourth-order valence-corrected chi connectivity index (χ4v) is 2.39. The zero-order valence-corrected chi connectivity index (χ0v) is 15.4. The summed E-state index contributed by atoms with van der Waals surface area (Å²) in [7, 11) is 0. The van der Waals surface area contributed by atoms with Gasteiger partial charge < -0.3 is 10.4 Å². The normalized spacial score (nSPS) is 10.9. The summed E-state index contributed by atoms with van der Waals surface area (Å²) in [5.41, 5.74) is 1.13. The number of phenolic OH excluding ortho intramolecular Hbond substituents is 1. The largest absolute Gasteiger partial charge is 0.506 e. The van der Waals surface area contributed by atoms with Crippen LogP contribution in [0.4, 0.5) is 11.4 Å². The van der Waals surface area contributed by atoms with Gasteiger partial charge in [-0.15, -0.1) is 0 Å². The Morgan fingerprint density at radius 1 is 1.19 bits per heavy atom. The minimum atomic E-state index is -0.585. The van der Waals surface area contributed by atoms with Crippen LogP contribution in [0.15, 0.2) is 42.5 Å². The molecule has 0 radical (unpaired) electrons. The fourth-order valence-electron chi connectivity index (χ4n) is 2.19. The lowest BCUT2D eigenvalue weighted by molar-refractivity contribution is -0.384. The van der Waals surface area contributed by atoms with E-state index in [1.54, 1.807) is 12.1 Å². The first kappa shape index (κ1) is 19.3. The van der Waals surface area contributed by atoms with E-state index < -0.39 is 10.8 Å². The second-order valence-electron chi connectivity index (χ2n) is 6.70. The smallest absolute Gasteiger partial charge is 0.270 e. The number of benzene rings is 2. The maximum atomic E-state index is 12.2. The van der Waals surface area contributed by atoms with Gasteiger partial charge >= 0.3 is 0 Å². The Labute approximate surface area is 156 Å². The van der Waals surface area contributed by atoms with Gasteiger partial charge in [-0.3, -0.25) is 20.2 Å². The van der Waals surface area contributed by atoms with E-state index in [2.05, 4.69) is 10.6 Å². The number of nitro groups is 1. The lowest BCUT2D eigenvalue weighted by Gasteiger charge is -2.21.